The molecule has 8 heteroatoms. The normalized spacial score (nSPS) is 19.4. The highest BCUT2D eigenvalue weighted by atomic mass is 35.5. The monoisotopic (exact) mass is 459 g/mol. The molecule has 0 aromatic carbocycles. The number of rotatable bonds is 2. The molecule has 2 aliphatic rings. The molecule has 168 valence electrons. The summed E-state index contributed by atoms with van der Waals surface area (Å²) in [6, 6.07) is 4.16. The predicted octanol–water partition coefficient (Wildman–Crippen LogP) is 4.30. The molecule has 0 bridgehead atoms. The van der Waals surface area contributed by atoms with Gasteiger partial charge in [-0.05, 0) is 61.8 Å². The maximum atomic E-state index is 6.77. The van der Waals surface area contributed by atoms with Crippen molar-refractivity contribution in [2.45, 2.75) is 39.2 Å². The van der Waals surface area contributed by atoms with E-state index in [4.69, 9.17) is 27.3 Å². The van der Waals surface area contributed by atoms with Crippen LogP contribution in [0.2, 0.25) is 5.02 Å². The summed E-state index contributed by atoms with van der Waals surface area (Å²) in [5, 5.41) is 0.628. The van der Waals surface area contributed by atoms with Crippen molar-refractivity contribution in [3.63, 3.8) is 0 Å². The third kappa shape index (κ3) is 3.14. The number of nitrogens with two attached hydrogens (primary N) is 1. The van der Waals surface area contributed by atoms with Crippen LogP contribution < -0.4 is 10.6 Å². The van der Waals surface area contributed by atoms with Crippen molar-refractivity contribution in [1.29, 1.82) is 0 Å². The van der Waals surface area contributed by atoms with Gasteiger partial charge in [-0.2, -0.15) is 0 Å². The topological polar surface area (TPSA) is 85.2 Å². The molecule has 4 aromatic heterocycles. The van der Waals surface area contributed by atoms with Crippen molar-refractivity contribution in [3.8, 4) is 11.4 Å². The second-order valence-electron chi connectivity index (χ2n) is 9.37. The van der Waals surface area contributed by atoms with Gasteiger partial charge in [-0.15, -0.1) is 0 Å². The molecule has 0 amide bonds. The van der Waals surface area contributed by atoms with E-state index in [-0.39, 0.29) is 11.5 Å². The van der Waals surface area contributed by atoms with Gasteiger partial charge in [0.1, 0.15) is 11.3 Å². The number of aryl methyl sites for hydroxylation is 2. The zero-order valence-electron chi connectivity index (χ0n) is 18.8. The van der Waals surface area contributed by atoms with Crippen LogP contribution in [0, 0.1) is 19.3 Å². The molecule has 6 rings (SSSR count). The number of hydrogen-bond donors (Lipinski definition) is 1. The Balaban J connectivity index is 1.30. The standard InChI is InChI=1S/C25H26ClN7/c1-15-11-17-12-25(22(27)19(17)13-30-15)4-8-32(9-5-25)24-20-14-31-23(33(20)10-7-29-24)18-3-6-28-16(2)21(18)26/h3,6-7,10-11,13-14,22H,4-5,8-9,12,27H2,1-2H3. The highest BCUT2D eigenvalue weighted by molar-refractivity contribution is 6.33. The average Bonchev–Trinajstić information content (AvgIpc) is 3.35. The molecule has 5 heterocycles. The van der Waals surface area contributed by atoms with Crippen molar-refractivity contribution < 1.29 is 0 Å². The Hall–Kier alpha value is -3.03. The molecule has 7 nitrogen and oxygen atoms in total. The second kappa shape index (κ2) is 7.50. The van der Waals surface area contributed by atoms with Gasteiger partial charge < -0.3 is 10.6 Å². The molecule has 1 aliphatic carbocycles. The Morgan fingerprint density at radius 2 is 1.88 bits per heavy atom. The van der Waals surface area contributed by atoms with Gasteiger partial charge in [0.25, 0.3) is 0 Å². The van der Waals surface area contributed by atoms with E-state index in [1.807, 2.05) is 44.7 Å². The van der Waals surface area contributed by atoms with E-state index in [1.165, 1.54) is 11.1 Å². The van der Waals surface area contributed by atoms with Gasteiger partial charge in [0, 0.05) is 55.2 Å². The van der Waals surface area contributed by atoms with E-state index in [0.717, 1.165) is 66.5 Å². The SMILES string of the molecule is Cc1cc2c(cn1)C(N)C1(CCN(c3nccn4c(-c5ccnc(C)c5Cl)ncc34)CC1)C2. The molecule has 1 atom stereocenters. The summed E-state index contributed by atoms with van der Waals surface area (Å²) in [5.41, 5.74) is 13.2. The quantitative estimate of drug-likeness (QED) is 0.481. The van der Waals surface area contributed by atoms with Gasteiger partial charge in [-0.1, -0.05) is 11.6 Å². The van der Waals surface area contributed by atoms with Gasteiger partial charge in [-0.25, -0.2) is 9.97 Å². The Bertz CT molecular complexity index is 1370. The minimum atomic E-state index is 0.0464. The Morgan fingerprint density at radius 3 is 2.70 bits per heavy atom. The molecule has 4 aromatic rings. The first-order chi connectivity index (χ1) is 16.0. The Labute approximate surface area is 197 Å². The summed E-state index contributed by atoms with van der Waals surface area (Å²) in [4.78, 5) is 20.6. The van der Waals surface area contributed by atoms with Crippen LogP contribution in [0.15, 0.2) is 43.1 Å². The molecule has 1 aliphatic heterocycles. The van der Waals surface area contributed by atoms with E-state index in [0.29, 0.717) is 5.02 Å². The van der Waals surface area contributed by atoms with Gasteiger partial charge in [-0.3, -0.25) is 14.4 Å². The van der Waals surface area contributed by atoms with E-state index in [1.54, 1.807) is 6.20 Å². The maximum Gasteiger partial charge on any atom is 0.154 e. The van der Waals surface area contributed by atoms with Gasteiger partial charge >= 0.3 is 0 Å². The van der Waals surface area contributed by atoms with Crippen LogP contribution >= 0.6 is 11.6 Å². The number of aromatic nitrogens is 5. The first-order valence-corrected chi connectivity index (χ1v) is 11.7. The van der Waals surface area contributed by atoms with Gasteiger partial charge in [0.15, 0.2) is 5.82 Å². The zero-order chi connectivity index (χ0) is 22.7. The minimum Gasteiger partial charge on any atom is -0.355 e. The first-order valence-electron chi connectivity index (χ1n) is 11.4. The predicted molar refractivity (Wildman–Crippen MR) is 129 cm³/mol. The van der Waals surface area contributed by atoms with Crippen molar-refractivity contribution in [3.05, 3.63) is 70.7 Å². The van der Waals surface area contributed by atoms with Crippen molar-refractivity contribution in [2.75, 3.05) is 18.0 Å². The molecule has 1 spiro atoms. The molecular formula is C25H26ClN7. The summed E-state index contributed by atoms with van der Waals surface area (Å²) >= 11 is 6.55. The highest BCUT2D eigenvalue weighted by Gasteiger charge is 2.46. The molecule has 1 unspecified atom stereocenters. The van der Waals surface area contributed by atoms with Gasteiger partial charge in [0.2, 0.25) is 0 Å². The molecule has 2 N–H and O–H groups in total. The van der Waals surface area contributed by atoms with Crippen LogP contribution in [0.5, 0.6) is 0 Å². The number of hydrogen-bond acceptors (Lipinski definition) is 6. The summed E-state index contributed by atoms with van der Waals surface area (Å²) in [5.74, 6) is 1.75. The third-order valence-electron chi connectivity index (χ3n) is 7.50. The average molecular weight is 460 g/mol. The fourth-order valence-electron chi connectivity index (χ4n) is 5.61. The van der Waals surface area contributed by atoms with Crippen LogP contribution in [-0.2, 0) is 6.42 Å². The fraction of sp³-hybridized carbons (Fsp3) is 0.360. The third-order valence-corrected chi connectivity index (χ3v) is 7.98. The fourth-order valence-corrected chi connectivity index (χ4v) is 5.81. The molecular weight excluding hydrogens is 434 g/mol. The number of fused-ring (bicyclic) bond motifs is 2. The summed E-state index contributed by atoms with van der Waals surface area (Å²) < 4.78 is 2.07. The van der Waals surface area contributed by atoms with E-state index in [9.17, 15) is 0 Å². The van der Waals surface area contributed by atoms with Crippen LogP contribution in [-0.4, -0.2) is 37.4 Å². The van der Waals surface area contributed by atoms with Crippen molar-refractivity contribution >= 4 is 22.9 Å². The summed E-state index contributed by atoms with van der Waals surface area (Å²) in [6.45, 7) is 5.78. The second-order valence-corrected chi connectivity index (χ2v) is 9.75. The van der Waals surface area contributed by atoms with E-state index < -0.39 is 0 Å². The van der Waals surface area contributed by atoms with Crippen LogP contribution in [0.1, 0.15) is 41.4 Å². The van der Waals surface area contributed by atoms with Crippen molar-refractivity contribution in [2.24, 2.45) is 11.1 Å². The smallest absolute Gasteiger partial charge is 0.154 e. The van der Waals surface area contributed by atoms with Crippen LogP contribution in [0.4, 0.5) is 5.82 Å². The number of pyridine rings is 2. The van der Waals surface area contributed by atoms with Crippen LogP contribution in [0.3, 0.4) is 0 Å². The van der Waals surface area contributed by atoms with Crippen molar-refractivity contribution in [1.82, 2.24) is 24.3 Å². The summed E-state index contributed by atoms with van der Waals surface area (Å²) in [7, 11) is 0. The molecule has 0 saturated carbocycles. The Morgan fingerprint density at radius 1 is 1.06 bits per heavy atom. The largest absolute Gasteiger partial charge is 0.355 e. The minimum absolute atomic E-state index is 0.0464. The Kier molecular flexibility index (Phi) is 4.67. The number of piperidine rings is 1. The molecule has 1 fully saturated rings. The molecule has 33 heavy (non-hydrogen) atoms. The maximum absolute atomic E-state index is 6.77. The molecule has 1 saturated heterocycles. The number of imidazole rings is 1. The lowest BCUT2D eigenvalue weighted by Gasteiger charge is -2.42. The van der Waals surface area contributed by atoms with E-state index >= 15 is 0 Å². The lowest BCUT2D eigenvalue weighted by molar-refractivity contribution is 0.187. The highest BCUT2D eigenvalue weighted by Crippen LogP contribution is 2.51. The number of nitrogens with zero attached hydrogens (tertiary/aromatic N) is 6. The summed E-state index contributed by atoms with van der Waals surface area (Å²) in [6.07, 6.45) is 12.5. The number of halogens is 1. The first kappa shape index (κ1) is 20.6. The lowest BCUT2D eigenvalue weighted by atomic mass is 9.73. The van der Waals surface area contributed by atoms with Crippen LogP contribution in [0.25, 0.3) is 16.9 Å². The number of anilines is 1. The zero-order valence-corrected chi connectivity index (χ0v) is 19.5. The van der Waals surface area contributed by atoms with Gasteiger partial charge in [0.05, 0.1) is 16.9 Å². The molecule has 0 radical (unpaired) electrons. The lowest BCUT2D eigenvalue weighted by Crippen LogP contribution is -2.44. The van der Waals surface area contributed by atoms with E-state index in [2.05, 4.69) is 25.3 Å².